The van der Waals surface area contributed by atoms with Crippen molar-refractivity contribution in [3.63, 3.8) is 0 Å². The first kappa shape index (κ1) is 11.0. The van der Waals surface area contributed by atoms with Crippen molar-refractivity contribution < 1.29 is 10.2 Å². The van der Waals surface area contributed by atoms with Gasteiger partial charge in [-0.1, -0.05) is 13.3 Å². The zero-order chi connectivity index (χ0) is 8.41. The van der Waals surface area contributed by atoms with E-state index in [2.05, 4.69) is 37.9 Å². The zero-order valence-electron chi connectivity index (χ0n) is 5.65. The molecule has 0 fully saturated rings. The van der Waals surface area contributed by atoms with Crippen LogP contribution in [0.5, 0.6) is 0 Å². The molecular formula is C5H12O2S3. The third-order valence-corrected chi connectivity index (χ3v) is 2.21. The first-order chi connectivity index (χ1) is 4.31. The number of thiol groups is 3. The molecule has 0 aromatic heterocycles. The van der Waals surface area contributed by atoms with Gasteiger partial charge in [-0.15, -0.1) is 37.9 Å². The standard InChI is InChI=1S/C5H12O2S3/c1-2-3-4(6,7)5(8,9)10/h6-10H,2-3H2,1H3. The fourth-order valence-corrected chi connectivity index (χ4v) is 0.852. The maximum absolute atomic E-state index is 9.18. The Morgan fingerprint density at radius 3 is 1.70 bits per heavy atom. The van der Waals surface area contributed by atoms with Gasteiger partial charge in [-0.3, -0.25) is 0 Å². The topological polar surface area (TPSA) is 40.5 Å². The monoisotopic (exact) mass is 200 g/mol. The Labute approximate surface area is 77.3 Å². The molecule has 0 atom stereocenters. The van der Waals surface area contributed by atoms with Crippen molar-refractivity contribution in [2.75, 3.05) is 0 Å². The molecular weight excluding hydrogens is 188 g/mol. The van der Waals surface area contributed by atoms with E-state index in [1.807, 2.05) is 6.92 Å². The van der Waals surface area contributed by atoms with Crippen LogP contribution in [0.25, 0.3) is 0 Å². The Kier molecular flexibility index (Phi) is 3.93. The van der Waals surface area contributed by atoms with Crippen molar-refractivity contribution in [3.8, 4) is 0 Å². The first-order valence-corrected chi connectivity index (χ1v) is 4.27. The van der Waals surface area contributed by atoms with Crippen molar-refractivity contribution in [1.29, 1.82) is 0 Å². The second-order valence-electron chi connectivity index (χ2n) is 2.20. The number of hydrogen-bond donors (Lipinski definition) is 5. The molecule has 62 valence electrons. The van der Waals surface area contributed by atoms with Crippen molar-refractivity contribution in [3.05, 3.63) is 0 Å². The molecule has 10 heavy (non-hydrogen) atoms. The Hall–Kier alpha value is 0.970. The molecule has 0 amide bonds. The molecule has 0 radical (unpaired) electrons. The van der Waals surface area contributed by atoms with Gasteiger partial charge in [0.1, 0.15) is 0 Å². The Morgan fingerprint density at radius 2 is 1.60 bits per heavy atom. The van der Waals surface area contributed by atoms with Gasteiger partial charge in [0.2, 0.25) is 0 Å². The summed E-state index contributed by atoms with van der Waals surface area (Å²) >= 11 is 11.4. The molecule has 0 spiro atoms. The normalized spacial score (nSPS) is 13.8. The Bertz CT molecular complexity index is 108. The number of rotatable bonds is 3. The summed E-state index contributed by atoms with van der Waals surface area (Å²) in [5, 5.41) is 18.4. The van der Waals surface area contributed by atoms with Crippen LogP contribution in [0.3, 0.4) is 0 Å². The minimum Gasteiger partial charge on any atom is -0.363 e. The van der Waals surface area contributed by atoms with E-state index in [9.17, 15) is 10.2 Å². The maximum atomic E-state index is 9.18. The molecule has 0 aliphatic carbocycles. The van der Waals surface area contributed by atoms with Gasteiger partial charge in [0.05, 0.1) is 0 Å². The molecule has 0 rings (SSSR count). The molecule has 0 aromatic rings. The van der Waals surface area contributed by atoms with Crippen molar-refractivity contribution in [2.24, 2.45) is 0 Å². The average Bonchev–Trinajstić information content (AvgIpc) is 1.61. The summed E-state index contributed by atoms with van der Waals surface area (Å²) in [5.41, 5.74) is 0. The second-order valence-corrected chi connectivity index (χ2v) is 5.27. The Morgan fingerprint density at radius 1 is 1.20 bits per heavy atom. The number of aliphatic hydroxyl groups is 2. The van der Waals surface area contributed by atoms with Crippen LogP contribution in [-0.4, -0.2) is 19.4 Å². The fourth-order valence-electron chi connectivity index (χ4n) is 0.516. The SMILES string of the molecule is CCCC(O)(O)C(S)(S)S. The van der Waals surface area contributed by atoms with Gasteiger partial charge in [0.25, 0.3) is 0 Å². The molecule has 0 bridgehead atoms. The van der Waals surface area contributed by atoms with Gasteiger partial charge < -0.3 is 10.2 Å². The minimum absolute atomic E-state index is 0.212. The van der Waals surface area contributed by atoms with Gasteiger partial charge in [0.15, 0.2) is 9.20 Å². The van der Waals surface area contributed by atoms with Crippen LogP contribution >= 0.6 is 37.9 Å². The van der Waals surface area contributed by atoms with E-state index >= 15 is 0 Å². The predicted molar refractivity (Wildman–Crippen MR) is 51.8 cm³/mol. The highest BCUT2D eigenvalue weighted by atomic mass is 32.2. The minimum atomic E-state index is -1.92. The molecule has 0 saturated heterocycles. The van der Waals surface area contributed by atoms with Gasteiger partial charge in [-0.2, -0.15) is 0 Å². The Balaban J connectivity index is 4.10. The molecule has 0 aliphatic heterocycles. The third-order valence-electron chi connectivity index (χ3n) is 1.14. The van der Waals surface area contributed by atoms with Gasteiger partial charge in [0, 0.05) is 6.42 Å². The molecule has 5 heteroatoms. The molecule has 0 heterocycles. The average molecular weight is 200 g/mol. The zero-order valence-corrected chi connectivity index (χ0v) is 8.33. The summed E-state index contributed by atoms with van der Waals surface area (Å²) in [4.78, 5) is 0. The lowest BCUT2D eigenvalue weighted by molar-refractivity contribution is -0.156. The summed E-state index contributed by atoms with van der Waals surface area (Å²) in [6, 6.07) is 0. The highest BCUT2D eigenvalue weighted by Crippen LogP contribution is 2.37. The lowest BCUT2D eigenvalue weighted by Crippen LogP contribution is -2.42. The largest absolute Gasteiger partial charge is 0.363 e. The van der Waals surface area contributed by atoms with Crippen LogP contribution in [0.1, 0.15) is 19.8 Å². The molecule has 0 unspecified atom stereocenters. The smallest absolute Gasteiger partial charge is 0.196 e. The summed E-state index contributed by atoms with van der Waals surface area (Å²) in [6.07, 6.45) is 0.861. The summed E-state index contributed by atoms with van der Waals surface area (Å²) < 4.78 is -1.36. The second kappa shape index (κ2) is 3.58. The van der Waals surface area contributed by atoms with Crippen LogP contribution in [0.15, 0.2) is 0 Å². The van der Waals surface area contributed by atoms with E-state index in [4.69, 9.17) is 0 Å². The lowest BCUT2D eigenvalue weighted by atomic mass is 10.2. The van der Waals surface area contributed by atoms with E-state index < -0.39 is 9.20 Å². The molecule has 2 nitrogen and oxygen atoms in total. The molecule has 2 N–H and O–H groups in total. The summed E-state index contributed by atoms with van der Waals surface area (Å²) in [7, 11) is 0. The van der Waals surface area contributed by atoms with Crippen LogP contribution in [0, 0.1) is 0 Å². The molecule has 0 saturated carbocycles. The van der Waals surface area contributed by atoms with Crippen LogP contribution in [0.4, 0.5) is 0 Å². The van der Waals surface area contributed by atoms with E-state index in [1.165, 1.54) is 0 Å². The quantitative estimate of drug-likeness (QED) is 0.347. The van der Waals surface area contributed by atoms with Crippen molar-refractivity contribution >= 4 is 37.9 Å². The van der Waals surface area contributed by atoms with Gasteiger partial charge >= 0.3 is 0 Å². The van der Waals surface area contributed by atoms with Crippen LogP contribution in [-0.2, 0) is 0 Å². The van der Waals surface area contributed by atoms with E-state index in [0.717, 1.165) is 0 Å². The summed E-state index contributed by atoms with van der Waals surface area (Å²) in [6.45, 7) is 1.84. The van der Waals surface area contributed by atoms with Crippen LogP contribution < -0.4 is 0 Å². The fraction of sp³-hybridized carbons (Fsp3) is 1.00. The predicted octanol–water partition coefficient (Wildman–Crippen LogP) is 0.911. The van der Waals surface area contributed by atoms with Crippen molar-refractivity contribution in [2.45, 2.75) is 29.0 Å². The summed E-state index contributed by atoms with van der Waals surface area (Å²) in [5.74, 6) is -1.92. The third kappa shape index (κ3) is 2.92. The van der Waals surface area contributed by atoms with E-state index in [0.29, 0.717) is 6.42 Å². The maximum Gasteiger partial charge on any atom is 0.196 e. The number of hydrogen-bond acceptors (Lipinski definition) is 5. The van der Waals surface area contributed by atoms with E-state index in [-0.39, 0.29) is 6.42 Å². The van der Waals surface area contributed by atoms with Gasteiger partial charge in [-0.25, -0.2) is 0 Å². The highest BCUT2D eigenvalue weighted by Gasteiger charge is 2.40. The van der Waals surface area contributed by atoms with Crippen LogP contribution in [0.2, 0.25) is 0 Å². The molecule has 0 aromatic carbocycles. The first-order valence-electron chi connectivity index (χ1n) is 2.93. The lowest BCUT2D eigenvalue weighted by Gasteiger charge is -2.31. The van der Waals surface area contributed by atoms with Crippen molar-refractivity contribution in [1.82, 2.24) is 0 Å². The van der Waals surface area contributed by atoms with Gasteiger partial charge in [-0.05, 0) is 0 Å². The molecule has 0 aliphatic rings. The highest BCUT2D eigenvalue weighted by molar-refractivity contribution is 8.17. The van der Waals surface area contributed by atoms with E-state index in [1.54, 1.807) is 0 Å².